The molecule has 0 unspecified atom stereocenters. The summed E-state index contributed by atoms with van der Waals surface area (Å²) in [6.45, 7) is 2.27. The minimum atomic E-state index is -2.84. The lowest BCUT2D eigenvalue weighted by Crippen LogP contribution is -2.38. The van der Waals surface area contributed by atoms with Crippen molar-refractivity contribution in [2.24, 2.45) is 5.41 Å². The Morgan fingerprint density at radius 2 is 1.96 bits per heavy atom. The van der Waals surface area contributed by atoms with Gasteiger partial charge in [-0.15, -0.1) is 12.4 Å². The fourth-order valence-electron chi connectivity index (χ4n) is 3.79. The Morgan fingerprint density at radius 1 is 1.21 bits per heavy atom. The zero-order valence-corrected chi connectivity index (χ0v) is 14.7. The van der Waals surface area contributed by atoms with Crippen molar-refractivity contribution in [2.75, 3.05) is 33.3 Å². The number of nitrogens with zero attached hydrogens (tertiary/aromatic N) is 1. The molecule has 1 spiro atoms. The molecule has 2 saturated heterocycles. The van der Waals surface area contributed by atoms with E-state index in [1.807, 2.05) is 6.07 Å². The summed E-state index contributed by atoms with van der Waals surface area (Å²) < 4.78 is 34.7. The van der Waals surface area contributed by atoms with Gasteiger partial charge in [0, 0.05) is 13.1 Å². The molecular formula is C17H25ClF2N2O2. The topological polar surface area (TPSA) is 33.7 Å². The van der Waals surface area contributed by atoms with E-state index >= 15 is 0 Å². The maximum atomic E-state index is 12.5. The van der Waals surface area contributed by atoms with Crippen LogP contribution in [0.25, 0.3) is 0 Å². The van der Waals surface area contributed by atoms with Crippen molar-refractivity contribution in [1.29, 1.82) is 0 Å². The number of piperidine rings is 1. The average Bonchev–Trinajstić information content (AvgIpc) is 2.90. The molecule has 0 aromatic heterocycles. The van der Waals surface area contributed by atoms with Crippen molar-refractivity contribution < 1.29 is 18.3 Å². The first-order valence-electron chi connectivity index (χ1n) is 8.15. The van der Waals surface area contributed by atoms with Crippen LogP contribution in [0.15, 0.2) is 18.2 Å². The summed E-state index contributed by atoms with van der Waals surface area (Å²) in [7, 11) is 1.45. The van der Waals surface area contributed by atoms with E-state index < -0.39 is 6.61 Å². The highest BCUT2D eigenvalue weighted by molar-refractivity contribution is 5.85. The molecule has 4 nitrogen and oxygen atoms in total. The molecule has 2 aliphatic rings. The van der Waals surface area contributed by atoms with Gasteiger partial charge in [-0.2, -0.15) is 8.78 Å². The van der Waals surface area contributed by atoms with Gasteiger partial charge in [-0.3, -0.25) is 4.90 Å². The van der Waals surface area contributed by atoms with E-state index in [0.29, 0.717) is 11.2 Å². The summed E-state index contributed by atoms with van der Waals surface area (Å²) in [5.41, 5.74) is 1.42. The van der Waals surface area contributed by atoms with Crippen molar-refractivity contribution in [3.05, 3.63) is 23.8 Å². The van der Waals surface area contributed by atoms with Crippen LogP contribution in [0.4, 0.5) is 8.78 Å². The number of halogens is 3. The summed E-state index contributed by atoms with van der Waals surface area (Å²) in [5.74, 6) is 0.445. The van der Waals surface area contributed by atoms with E-state index in [2.05, 4.69) is 15.0 Å². The summed E-state index contributed by atoms with van der Waals surface area (Å²) in [4.78, 5) is 2.42. The van der Waals surface area contributed by atoms with Crippen LogP contribution < -0.4 is 14.8 Å². The van der Waals surface area contributed by atoms with Crippen LogP contribution in [0.5, 0.6) is 11.5 Å². The molecule has 0 amide bonds. The first kappa shape index (κ1) is 19.2. The molecule has 2 fully saturated rings. The average molecular weight is 363 g/mol. The number of alkyl halides is 2. The van der Waals surface area contributed by atoms with Crippen molar-refractivity contribution >= 4 is 12.4 Å². The molecule has 0 atom stereocenters. The number of ether oxygens (including phenoxy) is 2. The summed E-state index contributed by atoms with van der Waals surface area (Å²) >= 11 is 0. The molecule has 1 aromatic rings. The Hall–Kier alpha value is -1.11. The van der Waals surface area contributed by atoms with Crippen molar-refractivity contribution in [1.82, 2.24) is 10.2 Å². The van der Waals surface area contributed by atoms with Crippen LogP contribution in [-0.4, -0.2) is 44.8 Å². The Morgan fingerprint density at radius 3 is 2.62 bits per heavy atom. The molecule has 1 aromatic carbocycles. The number of rotatable bonds is 5. The van der Waals surface area contributed by atoms with Gasteiger partial charge in [0.1, 0.15) is 0 Å². The van der Waals surface area contributed by atoms with Gasteiger partial charge in [-0.05, 0) is 62.0 Å². The Bertz CT molecular complexity index is 539. The molecule has 3 rings (SSSR count). The van der Waals surface area contributed by atoms with Crippen LogP contribution in [0.3, 0.4) is 0 Å². The molecule has 24 heavy (non-hydrogen) atoms. The van der Waals surface area contributed by atoms with Crippen molar-refractivity contribution in [2.45, 2.75) is 32.4 Å². The third kappa shape index (κ3) is 4.49. The fourth-order valence-corrected chi connectivity index (χ4v) is 3.79. The van der Waals surface area contributed by atoms with Crippen LogP contribution >= 0.6 is 12.4 Å². The SMILES string of the molecule is COc1ccc(CN2CCC3(CCNCC3)C2)cc1OC(F)F.Cl. The number of nitrogens with one attached hydrogen (secondary N) is 1. The van der Waals surface area contributed by atoms with E-state index in [9.17, 15) is 8.78 Å². The van der Waals surface area contributed by atoms with E-state index in [0.717, 1.165) is 38.3 Å². The number of benzene rings is 1. The van der Waals surface area contributed by atoms with Gasteiger partial charge in [-0.25, -0.2) is 0 Å². The largest absolute Gasteiger partial charge is 0.493 e. The molecule has 0 radical (unpaired) electrons. The number of hydrogen-bond acceptors (Lipinski definition) is 4. The first-order chi connectivity index (χ1) is 11.1. The van der Waals surface area contributed by atoms with Gasteiger partial charge in [0.15, 0.2) is 11.5 Å². The molecular weight excluding hydrogens is 338 g/mol. The molecule has 7 heteroatoms. The Kier molecular flexibility index (Phi) is 6.66. The number of methoxy groups -OCH3 is 1. The van der Waals surface area contributed by atoms with Gasteiger partial charge in [0.25, 0.3) is 0 Å². The van der Waals surface area contributed by atoms with Gasteiger partial charge in [-0.1, -0.05) is 6.07 Å². The van der Waals surface area contributed by atoms with E-state index in [1.54, 1.807) is 12.1 Å². The lowest BCUT2D eigenvalue weighted by molar-refractivity contribution is -0.0512. The Balaban J connectivity index is 0.00000208. The van der Waals surface area contributed by atoms with Crippen molar-refractivity contribution in [3.63, 3.8) is 0 Å². The van der Waals surface area contributed by atoms with Gasteiger partial charge in [0.2, 0.25) is 0 Å². The molecule has 2 heterocycles. The van der Waals surface area contributed by atoms with Crippen LogP contribution in [0.2, 0.25) is 0 Å². The molecule has 1 N–H and O–H groups in total. The van der Waals surface area contributed by atoms with Crippen LogP contribution in [0, 0.1) is 5.41 Å². The minimum Gasteiger partial charge on any atom is -0.493 e. The molecule has 0 saturated carbocycles. The Labute approximate surface area is 147 Å². The van der Waals surface area contributed by atoms with Gasteiger partial charge < -0.3 is 14.8 Å². The highest BCUT2D eigenvalue weighted by Gasteiger charge is 2.38. The summed E-state index contributed by atoms with van der Waals surface area (Å²) in [6.07, 6.45) is 3.68. The lowest BCUT2D eigenvalue weighted by Gasteiger charge is -2.34. The smallest absolute Gasteiger partial charge is 0.387 e. The number of likely N-dealkylation sites (tertiary alicyclic amines) is 1. The quantitative estimate of drug-likeness (QED) is 0.871. The number of hydrogen-bond donors (Lipinski definition) is 1. The predicted molar refractivity (Wildman–Crippen MR) is 91.3 cm³/mol. The second-order valence-corrected chi connectivity index (χ2v) is 6.57. The molecule has 2 aliphatic heterocycles. The van der Waals surface area contributed by atoms with E-state index in [1.165, 1.54) is 26.4 Å². The lowest BCUT2D eigenvalue weighted by atomic mass is 9.78. The third-order valence-electron chi connectivity index (χ3n) is 5.03. The van der Waals surface area contributed by atoms with E-state index in [4.69, 9.17) is 4.74 Å². The van der Waals surface area contributed by atoms with Crippen LogP contribution in [-0.2, 0) is 6.54 Å². The highest BCUT2D eigenvalue weighted by Crippen LogP contribution is 2.39. The molecule has 0 bridgehead atoms. The summed E-state index contributed by atoms with van der Waals surface area (Å²) in [5, 5.41) is 3.42. The van der Waals surface area contributed by atoms with Crippen LogP contribution in [0.1, 0.15) is 24.8 Å². The van der Waals surface area contributed by atoms with Gasteiger partial charge in [0.05, 0.1) is 7.11 Å². The summed E-state index contributed by atoms with van der Waals surface area (Å²) in [6, 6.07) is 5.28. The zero-order valence-electron chi connectivity index (χ0n) is 13.9. The maximum Gasteiger partial charge on any atom is 0.387 e. The fraction of sp³-hybridized carbons (Fsp3) is 0.647. The maximum absolute atomic E-state index is 12.5. The molecule has 0 aliphatic carbocycles. The normalized spacial score (nSPS) is 20.2. The minimum absolute atomic E-state index is 0. The second kappa shape index (κ2) is 8.32. The monoisotopic (exact) mass is 362 g/mol. The van der Waals surface area contributed by atoms with Crippen molar-refractivity contribution in [3.8, 4) is 11.5 Å². The van der Waals surface area contributed by atoms with E-state index in [-0.39, 0.29) is 18.2 Å². The predicted octanol–water partition coefficient (Wildman–Crippen LogP) is 3.29. The standard InChI is InChI=1S/C17H24F2N2O2.ClH/c1-22-14-3-2-13(10-15(14)23-16(18)19)11-21-9-6-17(12-21)4-7-20-8-5-17;/h2-3,10,16,20H,4-9,11-12H2,1H3;1H. The third-order valence-corrected chi connectivity index (χ3v) is 5.03. The van der Waals surface area contributed by atoms with Gasteiger partial charge >= 0.3 is 6.61 Å². The molecule has 136 valence electrons. The highest BCUT2D eigenvalue weighted by atomic mass is 35.5. The zero-order chi connectivity index (χ0) is 16.3. The second-order valence-electron chi connectivity index (χ2n) is 6.57. The first-order valence-corrected chi connectivity index (χ1v) is 8.15.